The Hall–Kier alpha value is -3.94. The molecule has 3 nitrogen and oxygen atoms in total. The van der Waals surface area contributed by atoms with Crippen molar-refractivity contribution in [1.29, 1.82) is 0 Å². The predicted octanol–water partition coefficient (Wildman–Crippen LogP) is 11.0. The fourth-order valence-corrected chi connectivity index (χ4v) is 8.83. The smallest absolute Gasteiger partial charge is 0.121 e. The summed E-state index contributed by atoms with van der Waals surface area (Å²) in [6, 6.07) is 42.1. The molecule has 50 heavy (non-hydrogen) atoms. The number of nitrogens with zero attached hydrogens (tertiary/aromatic N) is 2. The summed E-state index contributed by atoms with van der Waals surface area (Å²) >= 11 is 0. The Balaban J connectivity index is 0.000000204. The second-order valence-electron chi connectivity index (χ2n) is 15.3. The van der Waals surface area contributed by atoms with Gasteiger partial charge in [0.1, 0.15) is 5.58 Å². The summed E-state index contributed by atoms with van der Waals surface area (Å²) in [5, 5.41) is 5.06. The molecule has 6 heteroatoms. The molecule has 0 aliphatic carbocycles. The number of fused-ring (bicyclic) bond motifs is 3. The van der Waals surface area contributed by atoms with E-state index in [-0.39, 0.29) is 20.1 Å². The van der Waals surface area contributed by atoms with Gasteiger partial charge in [-0.15, -0.1) is 54.1 Å². The molecule has 0 unspecified atom stereocenters. The molecule has 1 radical (unpaired) electrons. The van der Waals surface area contributed by atoms with Crippen LogP contribution in [0, 0.1) is 18.1 Å². The van der Waals surface area contributed by atoms with Crippen molar-refractivity contribution in [1.82, 2.24) is 9.97 Å². The summed E-state index contributed by atoms with van der Waals surface area (Å²) in [6.07, 6.45) is 5.26. The molecule has 0 saturated heterocycles. The van der Waals surface area contributed by atoms with E-state index in [1.807, 2.05) is 36.5 Å². The van der Waals surface area contributed by atoms with E-state index in [4.69, 9.17) is 9.40 Å². The number of hydrogen-bond acceptors (Lipinski definition) is 3. The van der Waals surface area contributed by atoms with Crippen LogP contribution >= 0.6 is 0 Å². The summed E-state index contributed by atoms with van der Waals surface area (Å²) in [5.74, 6) is 0.667. The van der Waals surface area contributed by atoms with E-state index in [0.717, 1.165) is 56.4 Å². The summed E-state index contributed by atoms with van der Waals surface area (Å²) in [5.41, 5.74) is 9.50. The van der Waals surface area contributed by atoms with Gasteiger partial charge < -0.3 is 14.4 Å². The average Bonchev–Trinajstić information content (AvgIpc) is 3.46. The van der Waals surface area contributed by atoms with Crippen LogP contribution in [0.2, 0.25) is 39.3 Å². The number of furan rings is 1. The molecule has 0 N–H and O–H groups in total. The molecule has 0 bridgehead atoms. The van der Waals surface area contributed by atoms with Gasteiger partial charge in [-0.1, -0.05) is 130 Å². The van der Waals surface area contributed by atoms with E-state index in [2.05, 4.69) is 149 Å². The van der Waals surface area contributed by atoms with Crippen LogP contribution in [0.3, 0.4) is 0 Å². The van der Waals surface area contributed by atoms with Crippen molar-refractivity contribution < 1.29 is 24.5 Å². The van der Waals surface area contributed by atoms with Crippen molar-refractivity contribution in [3.05, 3.63) is 133 Å². The van der Waals surface area contributed by atoms with Crippen molar-refractivity contribution in [2.75, 3.05) is 0 Å². The number of hydrogen-bond donors (Lipinski definition) is 0. The molecular formula is C44H46IrN2OSi2-2. The largest absolute Gasteiger partial charge is 0.501 e. The molecule has 7 aromatic rings. The molecule has 3 heterocycles. The number of benzene rings is 4. The molecule has 4 aromatic carbocycles. The SMILES string of the molecule is CC(C)Cc1cc(-c2[c-]cccc2)ncc1[Si](C)(C)C.C[Si](C)(C)c1ccc(-c2[c-]ccc3c2oc2cc(-c4ccccc4)ccc23)nc1.[Ir]. The van der Waals surface area contributed by atoms with Crippen LogP contribution in [0.1, 0.15) is 19.4 Å². The second-order valence-corrected chi connectivity index (χ2v) is 25.4. The van der Waals surface area contributed by atoms with Crippen molar-refractivity contribution in [2.45, 2.75) is 59.6 Å². The monoisotopic (exact) mass is 867 g/mol. The van der Waals surface area contributed by atoms with Crippen LogP contribution in [-0.2, 0) is 26.5 Å². The van der Waals surface area contributed by atoms with Crippen LogP contribution in [0.25, 0.3) is 55.6 Å². The van der Waals surface area contributed by atoms with E-state index in [1.54, 1.807) is 0 Å². The van der Waals surface area contributed by atoms with Crippen LogP contribution < -0.4 is 10.4 Å². The Morgan fingerprint density at radius 2 is 1.40 bits per heavy atom. The minimum Gasteiger partial charge on any atom is -0.501 e. The summed E-state index contributed by atoms with van der Waals surface area (Å²) in [6.45, 7) is 18.7. The molecule has 0 fully saturated rings. The van der Waals surface area contributed by atoms with Crippen molar-refractivity contribution in [3.8, 4) is 33.6 Å². The summed E-state index contributed by atoms with van der Waals surface area (Å²) < 4.78 is 6.34. The molecular weight excluding hydrogens is 821 g/mol. The van der Waals surface area contributed by atoms with Gasteiger partial charge in [-0.3, -0.25) is 0 Å². The molecule has 0 aliphatic heterocycles. The van der Waals surface area contributed by atoms with Gasteiger partial charge in [0.25, 0.3) is 0 Å². The standard InChI is InChI=1S/C26H22NOSi.C18H24NSi.Ir/c1-29(2,3)20-13-15-24(27-17-20)23-11-7-10-22-21-14-12-19(16-25(21)28-26(22)23)18-8-5-4-6-9-18;1-14(2)11-16-12-17(15-9-7-6-8-10-15)19-13-18(16)20(3,4)5;/h4-10,12-17H,1-3H3;6-9,12-14H,11H2,1-5H3;/q2*-1;. The maximum absolute atomic E-state index is 6.34. The fraction of sp³-hybridized carbons (Fsp3) is 0.227. The molecule has 257 valence electrons. The minimum absolute atomic E-state index is 0. The number of pyridine rings is 2. The first-order valence-corrected chi connectivity index (χ1v) is 24.2. The molecule has 0 amide bonds. The van der Waals surface area contributed by atoms with Crippen LogP contribution in [0.5, 0.6) is 0 Å². The van der Waals surface area contributed by atoms with Crippen molar-refractivity contribution in [3.63, 3.8) is 0 Å². The predicted molar refractivity (Wildman–Crippen MR) is 214 cm³/mol. The Kier molecular flexibility index (Phi) is 11.6. The molecule has 0 saturated carbocycles. The Morgan fingerprint density at radius 1 is 0.660 bits per heavy atom. The van der Waals surface area contributed by atoms with Gasteiger partial charge in [-0.2, -0.15) is 0 Å². The molecule has 0 aliphatic rings. The Labute approximate surface area is 313 Å². The maximum Gasteiger partial charge on any atom is 0.121 e. The first-order valence-electron chi connectivity index (χ1n) is 17.2. The minimum atomic E-state index is -1.37. The zero-order valence-corrected chi connectivity index (χ0v) is 34.8. The molecule has 7 rings (SSSR count). The van der Waals surface area contributed by atoms with E-state index in [9.17, 15) is 0 Å². The molecule has 0 spiro atoms. The van der Waals surface area contributed by atoms with Crippen molar-refractivity contribution in [2.24, 2.45) is 5.92 Å². The van der Waals surface area contributed by atoms with Crippen LogP contribution in [0.15, 0.2) is 120 Å². The molecule has 3 aromatic heterocycles. The first kappa shape index (κ1) is 37.3. The maximum atomic E-state index is 6.34. The zero-order chi connectivity index (χ0) is 34.8. The van der Waals surface area contributed by atoms with Crippen LogP contribution in [-0.4, -0.2) is 26.1 Å². The molecule has 0 atom stereocenters. The van der Waals surface area contributed by atoms with Crippen LogP contribution in [0.4, 0.5) is 0 Å². The van der Waals surface area contributed by atoms with E-state index >= 15 is 0 Å². The average molecular weight is 867 g/mol. The fourth-order valence-electron chi connectivity index (χ4n) is 6.21. The quantitative estimate of drug-likeness (QED) is 0.118. The summed E-state index contributed by atoms with van der Waals surface area (Å²) in [7, 11) is -2.71. The van der Waals surface area contributed by atoms with E-state index < -0.39 is 16.1 Å². The van der Waals surface area contributed by atoms with Gasteiger partial charge in [0, 0.05) is 37.9 Å². The third-order valence-corrected chi connectivity index (χ3v) is 12.9. The van der Waals surface area contributed by atoms with Gasteiger partial charge in [0.15, 0.2) is 0 Å². The third-order valence-electron chi connectivity index (χ3n) is 8.84. The topological polar surface area (TPSA) is 38.9 Å². The van der Waals surface area contributed by atoms with Gasteiger partial charge >= 0.3 is 0 Å². The number of rotatable bonds is 7. The Morgan fingerprint density at radius 3 is 2.04 bits per heavy atom. The van der Waals surface area contributed by atoms with Gasteiger partial charge in [0.05, 0.1) is 21.7 Å². The van der Waals surface area contributed by atoms with E-state index in [1.165, 1.54) is 21.5 Å². The van der Waals surface area contributed by atoms with Gasteiger partial charge in [-0.05, 0) is 51.3 Å². The zero-order valence-electron chi connectivity index (χ0n) is 30.4. The van der Waals surface area contributed by atoms with E-state index in [0.29, 0.717) is 5.92 Å². The first-order chi connectivity index (χ1) is 23.4. The van der Waals surface area contributed by atoms with Gasteiger partial charge in [-0.25, -0.2) is 0 Å². The third kappa shape index (κ3) is 8.50. The Bertz CT molecular complexity index is 2180. The second kappa shape index (κ2) is 15.5. The normalized spacial score (nSPS) is 11.7. The van der Waals surface area contributed by atoms with Crippen molar-refractivity contribution >= 4 is 48.5 Å². The number of aromatic nitrogens is 2. The van der Waals surface area contributed by atoms with Gasteiger partial charge in [0.2, 0.25) is 0 Å². The summed E-state index contributed by atoms with van der Waals surface area (Å²) in [4.78, 5) is 9.43.